The second kappa shape index (κ2) is 7.58. The average Bonchev–Trinajstić information content (AvgIpc) is 2.00. The van der Waals surface area contributed by atoms with Crippen LogP contribution in [0.4, 0.5) is 0 Å². The minimum Gasteiger partial charge on any atom is -0.463 e. The Labute approximate surface area is 89.3 Å². The second-order valence-electron chi connectivity index (χ2n) is 3.60. The van der Waals surface area contributed by atoms with Gasteiger partial charge < -0.3 is 4.74 Å². The van der Waals surface area contributed by atoms with Crippen LogP contribution in [0.15, 0.2) is 0 Å². The van der Waals surface area contributed by atoms with Crippen molar-refractivity contribution in [3.63, 3.8) is 0 Å². The van der Waals surface area contributed by atoms with Crippen LogP contribution in [-0.2, 0) is 14.4 Å². The minimum absolute atomic E-state index is 0.100. The molecule has 0 aliphatic heterocycles. The van der Waals surface area contributed by atoms with Gasteiger partial charge in [0.25, 0.3) is 0 Å². The number of carbonyl (C=O) groups is 1. The Bertz CT molecular complexity index is 183. The van der Waals surface area contributed by atoms with Gasteiger partial charge in [-0.05, 0) is 33.6 Å². The van der Waals surface area contributed by atoms with Crippen LogP contribution >= 0.6 is 0 Å². The van der Waals surface area contributed by atoms with Gasteiger partial charge in [0.05, 0.1) is 17.6 Å². The van der Waals surface area contributed by atoms with E-state index in [4.69, 9.17) is 15.2 Å². The number of nitrogens with zero attached hydrogens (tertiary/aromatic N) is 1. The maximum absolute atomic E-state index is 11.1. The Kier molecular flexibility index (Phi) is 7.23. The van der Waals surface area contributed by atoms with E-state index in [1.807, 2.05) is 0 Å². The molecule has 0 bridgehead atoms. The molecule has 0 aromatic rings. The van der Waals surface area contributed by atoms with Gasteiger partial charge in [0.1, 0.15) is 0 Å². The summed E-state index contributed by atoms with van der Waals surface area (Å²) in [6.07, 6.45) is 0.983. The first-order chi connectivity index (χ1) is 6.91. The summed E-state index contributed by atoms with van der Waals surface area (Å²) in [7, 11) is 0. The monoisotopic (exact) mass is 221 g/mol. The number of rotatable bonds is 7. The summed E-state index contributed by atoms with van der Waals surface area (Å²) in [6.45, 7) is 5.26. The van der Waals surface area contributed by atoms with Gasteiger partial charge in [-0.2, -0.15) is 0 Å². The zero-order chi connectivity index (χ0) is 11.8. The van der Waals surface area contributed by atoms with E-state index in [-0.39, 0.29) is 23.6 Å². The predicted molar refractivity (Wildman–Crippen MR) is 51.0 cm³/mol. The molecule has 0 radical (unpaired) electrons. The first kappa shape index (κ1) is 14.3. The van der Waals surface area contributed by atoms with Crippen LogP contribution in [0.25, 0.3) is 0 Å². The predicted octanol–water partition coefficient (Wildman–Crippen LogP) is 1.51. The Hall–Kier alpha value is -0.690. The highest BCUT2D eigenvalue weighted by molar-refractivity contribution is 5.69. The lowest BCUT2D eigenvalue weighted by molar-refractivity contribution is -0.503. The Morgan fingerprint density at radius 3 is 2.40 bits per heavy atom. The quantitative estimate of drug-likeness (QED) is 0.501. The topological polar surface area (TPSA) is 79.2 Å². The van der Waals surface area contributed by atoms with E-state index in [1.54, 1.807) is 20.8 Å². The third-order valence-corrected chi connectivity index (χ3v) is 1.63. The molecule has 1 atom stereocenters. The zero-order valence-corrected chi connectivity index (χ0v) is 9.34. The van der Waals surface area contributed by atoms with Crippen molar-refractivity contribution in [1.29, 1.82) is 0 Å². The van der Waals surface area contributed by atoms with Crippen molar-refractivity contribution in [3.8, 4) is 0 Å². The summed E-state index contributed by atoms with van der Waals surface area (Å²) in [5.74, 6) is -0.248. The van der Waals surface area contributed by atoms with Crippen molar-refractivity contribution in [3.05, 3.63) is 0 Å². The average molecular weight is 221 g/mol. The lowest BCUT2D eigenvalue weighted by Gasteiger charge is -2.13. The number of carbonyl (C=O) groups excluding carboxylic acids is 1. The number of hydrogen-bond acceptors (Lipinski definition) is 6. The molecule has 0 spiro atoms. The summed E-state index contributed by atoms with van der Waals surface area (Å²) in [5.41, 5.74) is 0. The van der Waals surface area contributed by atoms with E-state index >= 15 is 0 Å². The molecule has 0 heterocycles. The molecule has 0 aromatic carbocycles. The summed E-state index contributed by atoms with van der Waals surface area (Å²) < 4.78 is 4.92. The van der Waals surface area contributed by atoms with E-state index < -0.39 is 0 Å². The van der Waals surface area contributed by atoms with Crippen LogP contribution in [0, 0.1) is 0 Å². The van der Waals surface area contributed by atoms with E-state index in [0.29, 0.717) is 19.3 Å². The third kappa shape index (κ3) is 9.61. The normalized spacial score (nSPS) is 13.3. The van der Waals surface area contributed by atoms with Gasteiger partial charge in [-0.1, -0.05) is 0 Å². The fourth-order valence-corrected chi connectivity index (χ4v) is 1.07. The number of ether oxygens (including phenoxy) is 1. The van der Waals surface area contributed by atoms with Crippen molar-refractivity contribution in [2.75, 3.05) is 0 Å². The molecule has 0 aliphatic carbocycles. The van der Waals surface area contributed by atoms with E-state index in [2.05, 4.69) is 4.84 Å². The molecular weight excluding hydrogens is 202 g/mol. The molecule has 0 fully saturated rings. The van der Waals surface area contributed by atoms with E-state index in [0.717, 1.165) is 0 Å². The maximum Gasteiger partial charge on any atom is 0.306 e. The Morgan fingerprint density at radius 2 is 1.93 bits per heavy atom. The second-order valence-corrected chi connectivity index (χ2v) is 3.60. The summed E-state index contributed by atoms with van der Waals surface area (Å²) in [6, 6.07) is 0. The molecule has 6 nitrogen and oxygen atoms in total. The lowest BCUT2D eigenvalue weighted by atomic mass is 10.2. The van der Waals surface area contributed by atoms with Crippen molar-refractivity contribution >= 4 is 5.97 Å². The van der Waals surface area contributed by atoms with E-state index in [9.17, 15) is 4.79 Å². The van der Waals surface area contributed by atoms with E-state index in [1.165, 1.54) is 0 Å². The fraction of sp³-hybridized carbons (Fsp3) is 0.889. The van der Waals surface area contributed by atoms with Crippen molar-refractivity contribution in [2.24, 2.45) is 0 Å². The molecule has 2 N–H and O–H groups in total. The lowest BCUT2D eigenvalue weighted by Crippen LogP contribution is -2.22. The van der Waals surface area contributed by atoms with Crippen LogP contribution < -0.4 is 0 Å². The van der Waals surface area contributed by atoms with Gasteiger partial charge in [0.15, 0.2) is 0 Å². The number of esters is 1. The van der Waals surface area contributed by atoms with Crippen LogP contribution in [0.2, 0.25) is 0 Å². The Balaban J connectivity index is 3.48. The summed E-state index contributed by atoms with van der Waals surface area (Å²) >= 11 is 0. The summed E-state index contributed by atoms with van der Waals surface area (Å²) in [4.78, 5) is 15.6. The standard InChI is InChI=1S/C9H19NO5/c1-7(2)14-9(11)6-4-5-8(3)15-10(12)13/h7-8,12-13H,4-6H2,1-3H3/t8-/m1/s1. The molecule has 0 aromatic heterocycles. The molecule has 15 heavy (non-hydrogen) atoms. The van der Waals surface area contributed by atoms with Crippen LogP contribution in [0.3, 0.4) is 0 Å². The van der Waals surface area contributed by atoms with Crippen molar-refractivity contribution in [1.82, 2.24) is 5.39 Å². The van der Waals surface area contributed by atoms with Gasteiger partial charge in [-0.25, -0.2) is 4.84 Å². The third-order valence-electron chi connectivity index (χ3n) is 1.63. The Morgan fingerprint density at radius 1 is 1.33 bits per heavy atom. The van der Waals surface area contributed by atoms with Crippen molar-refractivity contribution < 1.29 is 24.8 Å². The highest BCUT2D eigenvalue weighted by Crippen LogP contribution is 2.06. The largest absolute Gasteiger partial charge is 0.463 e. The molecule has 0 rings (SSSR count). The molecule has 0 aliphatic rings. The van der Waals surface area contributed by atoms with Gasteiger partial charge >= 0.3 is 5.97 Å². The van der Waals surface area contributed by atoms with Crippen LogP contribution in [0.5, 0.6) is 0 Å². The van der Waals surface area contributed by atoms with Gasteiger partial charge in [-0.3, -0.25) is 15.2 Å². The molecule has 0 amide bonds. The van der Waals surface area contributed by atoms with Gasteiger partial charge in [-0.15, -0.1) is 0 Å². The van der Waals surface area contributed by atoms with Crippen molar-refractivity contribution in [2.45, 2.75) is 52.2 Å². The summed E-state index contributed by atoms with van der Waals surface area (Å²) in [5, 5.41) is 16.3. The highest BCUT2D eigenvalue weighted by atomic mass is 17.1. The van der Waals surface area contributed by atoms with Gasteiger partial charge in [0.2, 0.25) is 0 Å². The van der Waals surface area contributed by atoms with Gasteiger partial charge in [0, 0.05) is 6.42 Å². The molecule has 90 valence electrons. The molecular formula is C9H19NO5. The molecule has 6 heteroatoms. The first-order valence-corrected chi connectivity index (χ1v) is 4.96. The molecule has 0 unspecified atom stereocenters. The molecule has 0 saturated carbocycles. The minimum atomic E-state index is -0.355. The maximum atomic E-state index is 11.1. The zero-order valence-electron chi connectivity index (χ0n) is 9.34. The SMILES string of the molecule is CC(C)OC(=O)CCC[C@@H](C)ON(O)O. The molecule has 0 saturated heterocycles. The van der Waals surface area contributed by atoms with Crippen LogP contribution in [-0.4, -0.2) is 34.0 Å². The smallest absolute Gasteiger partial charge is 0.306 e. The fourth-order valence-electron chi connectivity index (χ4n) is 1.07. The van der Waals surface area contributed by atoms with Crippen LogP contribution in [0.1, 0.15) is 40.0 Å². The highest BCUT2D eigenvalue weighted by Gasteiger charge is 2.09. The number of hydrogen-bond donors (Lipinski definition) is 2. The first-order valence-electron chi connectivity index (χ1n) is 4.96.